The fourth-order valence-electron chi connectivity index (χ4n) is 2.84. The van der Waals surface area contributed by atoms with Crippen LogP contribution in [0, 0.1) is 6.92 Å². The van der Waals surface area contributed by atoms with Gasteiger partial charge in [0, 0.05) is 26.1 Å². The molecule has 0 bridgehead atoms. The van der Waals surface area contributed by atoms with Crippen molar-refractivity contribution in [3.05, 3.63) is 24.1 Å². The molecule has 0 aliphatic carbocycles. The smallest absolute Gasteiger partial charge is 0.192 e. The topological polar surface area (TPSA) is 55.3 Å². The SMILES string of the molecule is Cc1nc2c(N3CCCCC3CN)cccc2o1. The molecular formula is C14H19N3O. The molecule has 0 spiro atoms. The third-order valence-electron chi connectivity index (χ3n) is 3.71. The van der Waals surface area contributed by atoms with Crippen LogP contribution in [-0.2, 0) is 0 Å². The van der Waals surface area contributed by atoms with Gasteiger partial charge in [0.2, 0.25) is 0 Å². The Morgan fingerprint density at radius 2 is 2.33 bits per heavy atom. The van der Waals surface area contributed by atoms with Gasteiger partial charge in [0.05, 0.1) is 5.69 Å². The molecule has 3 rings (SSSR count). The minimum Gasteiger partial charge on any atom is -0.441 e. The van der Waals surface area contributed by atoms with Gasteiger partial charge in [-0.3, -0.25) is 0 Å². The van der Waals surface area contributed by atoms with Gasteiger partial charge in [0.25, 0.3) is 0 Å². The Labute approximate surface area is 107 Å². The number of nitrogens with two attached hydrogens (primary N) is 1. The summed E-state index contributed by atoms with van der Waals surface area (Å²) in [6, 6.07) is 6.56. The molecule has 1 saturated heterocycles. The Morgan fingerprint density at radius 1 is 1.44 bits per heavy atom. The Hall–Kier alpha value is -1.55. The number of para-hydroxylation sites is 1. The number of benzene rings is 1. The predicted molar refractivity (Wildman–Crippen MR) is 72.8 cm³/mol. The second-order valence-electron chi connectivity index (χ2n) is 4.94. The zero-order valence-electron chi connectivity index (χ0n) is 10.7. The standard InChI is InChI=1S/C14H19N3O/c1-10-16-14-12(6-4-7-13(14)18-10)17-8-3-2-5-11(17)9-15/h4,6-7,11H,2-3,5,8-9,15H2,1H3. The molecule has 18 heavy (non-hydrogen) atoms. The van der Waals surface area contributed by atoms with Gasteiger partial charge >= 0.3 is 0 Å². The van der Waals surface area contributed by atoms with E-state index >= 15 is 0 Å². The number of oxazole rings is 1. The number of piperidine rings is 1. The third kappa shape index (κ3) is 1.86. The van der Waals surface area contributed by atoms with Gasteiger partial charge in [-0.2, -0.15) is 0 Å². The molecule has 1 aliphatic rings. The first-order valence-electron chi connectivity index (χ1n) is 6.62. The Kier molecular flexibility index (Phi) is 2.96. The fraction of sp³-hybridized carbons (Fsp3) is 0.500. The van der Waals surface area contributed by atoms with E-state index in [1.54, 1.807) is 0 Å². The van der Waals surface area contributed by atoms with Crippen molar-refractivity contribution < 1.29 is 4.42 Å². The molecule has 2 heterocycles. The number of nitrogens with zero attached hydrogens (tertiary/aromatic N) is 2. The van der Waals surface area contributed by atoms with E-state index < -0.39 is 0 Å². The predicted octanol–water partition coefficient (Wildman–Crippen LogP) is 2.45. The number of fused-ring (bicyclic) bond motifs is 1. The van der Waals surface area contributed by atoms with Gasteiger partial charge in [-0.15, -0.1) is 0 Å². The van der Waals surface area contributed by atoms with E-state index in [-0.39, 0.29) is 0 Å². The molecule has 1 atom stereocenters. The van der Waals surface area contributed by atoms with Crippen LogP contribution in [0.4, 0.5) is 5.69 Å². The molecule has 2 aromatic rings. The lowest BCUT2D eigenvalue weighted by Crippen LogP contribution is -2.44. The number of hydrogen-bond acceptors (Lipinski definition) is 4. The minimum absolute atomic E-state index is 0.432. The minimum atomic E-state index is 0.432. The van der Waals surface area contributed by atoms with Gasteiger partial charge in [-0.1, -0.05) is 6.07 Å². The Balaban J connectivity index is 2.06. The van der Waals surface area contributed by atoms with Crippen LogP contribution in [0.1, 0.15) is 25.2 Å². The van der Waals surface area contributed by atoms with Gasteiger partial charge in [-0.05, 0) is 31.4 Å². The lowest BCUT2D eigenvalue weighted by Gasteiger charge is -2.36. The second-order valence-corrected chi connectivity index (χ2v) is 4.94. The van der Waals surface area contributed by atoms with E-state index in [1.165, 1.54) is 24.9 Å². The first kappa shape index (κ1) is 11.5. The molecule has 1 unspecified atom stereocenters. The zero-order chi connectivity index (χ0) is 12.5. The van der Waals surface area contributed by atoms with E-state index in [9.17, 15) is 0 Å². The molecule has 2 N–H and O–H groups in total. The van der Waals surface area contributed by atoms with E-state index in [0.717, 1.165) is 23.5 Å². The maximum absolute atomic E-state index is 5.89. The highest BCUT2D eigenvalue weighted by Gasteiger charge is 2.23. The van der Waals surface area contributed by atoms with Crippen molar-refractivity contribution in [1.29, 1.82) is 0 Å². The van der Waals surface area contributed by atoms with E-state index in [2.05, 4.69) is 16.0 Å². The third-order valence-corrected chi connectivity index (χ3v) is 3.71. The monoisotopic (exact) mass is 245 g/mol. The fourth-order valence-corrected chi connectivity index (χ4v) is 2.84. The highest BCUT2D eigenvalue weighted by atomic mass is 16.3. The zero-order valence-corrected chi connectivity index (χ0v) is 10.7. The Bertz CT molecular complexity index is 549. The van der Waals surface area contributed by atoms with E-state index in [4.69, 9.17) is 10.2 Å². The summed E-state index contributed by atoms with van der Waals surface area (Å²) in [5, 5.41) is 0. The highest BCUT2D eigenvalue weighted by Crippen LogP contribution is 2.31. The van der Waals surface area contributed by atoms with Crippen LogP contribution < -0.4 is 10.6 Å². The number of aromatic nitrogens is 1. The van der Waals surface area contributed by atoms with Crippen molar-refractivity contribution in [3.63, 3.8) is 0 Å². The molecule has 1 aromatic heterocycles. The molecule has 4 heteroatoms. The maximum atomic E-state index is 5.89. The van der Waals surface area contributed by atoms with Crippen molar-refractivity contribution >= 4 is 16.8 Å². The summed E-state index contributed by atoms with van der Waals surface area (Å²) in [6.07, 6.45) is 3.67. The van der Waals surface area contributed by atoms with Gasteiger partial charge in [-0.25, -0.2) is 4.98 Å². The highest BCUT2D eigenvalue weighted by molar-refractivity contribution is 5.87. The van der Waals surface area contributed by atoms with Crippen molar-refractivity contribution in [1.82, 2.24) is 4.98 Å². The molecule has 1 aromatic carbocycles. The number of anilines is 1. The van der Waals surface area contributed by atoms with Crippen molar-refractivity contribution in [2.45, 2.75) is 32.2 Å². The molecule has 0 amide bonds. The van der Waals surface area contributed by atoms with Crippen molar-refractivity contribution in [2.75, 3.05) is 18.0 Å². The molecule has 0 saturated carbocycles. The summed E-state index contributed by atoms with van der Waals surface area (Å²) in [4.78, 5) is 6.90. The molecule has 1 aliphatic heterocycles. The summed E-state index contributed by atoms with van der Waals surface area (Å²) >= 11 is 0. The van der Waals surface area contributed by atoms with Crippen LogP contribution in [-0.4, -0.2) is 24.1 Å². The molecule has 0 radical (unpaired) electrons. The molecular weight excluding hydrogens is 226 g/mol. The summed E-state index contributed by atoms with van der Waals surface area (Å²) in [7, 11) is 0. The van der Waals surface area contributed by atoms with Crippen LogP contribution in [0.2, 0.25) is 0 Å². The van der Waals surface area contributed by atoms with Crippen LogP contribution >= 0.6 is 0 Å². The summed E-state index contributed by atoms with van der Waals surface area (Å²) in [6.45, 7) is 3.65. The second kappa shape index (κ2) is 4.61. The number of rotatable bonds is 2. The van der Waals surface area contributed by atoms with Crippen LogP contribution in [0.5, 0.6) is 0 Å². The summed E-state index contributed by atoms with van der Waals surface area (Å²) in [5.41, 5.74) is 8.90. The van der Waals surface area contributed by atoms with Gasteiger partial charge in [0.15, 0.2) is 11.5 Å². The molecule has 96 valence electrons. The largest absolute Gasteiger partial charge is 0.441 e. The summed E-state index contributed by atoms with van der Waals surface area (Å²) in [5.74, 6) is 0.721. The van der Waals surface area contributed by atoms with Gasteiger partial charge in [0.1, 0.15) is 5.52 Å². The van der Waals surface area contributed by atoms with Crippen LogP contribution in [0.3, 0.4) is 0 Å². The normalized spacial score (nSPS) is 20.6. The summed E-state index contributed by atoms with van der Waals surface area (Å²) < 4.78 is 5.60. The molecule has 4 nitrogen and oxygen atoms in total. The Morgan fingerprint density at radius 3 is 3.17 bits per heavy atom. The first-order valence-corrected chi connectivity index (χ1v) is 6.62. The van der Waals surface area contributed by atoms with Gasteiger partial charge < -0.3 is 15.1 Å². The quantitative estimate of drug-likeness (QED) is 0.883. The van der Waals surface area contributed by atoms with Crippen molar-refractivity contribution in [3.8, 4) is 0 Å². The average molecular weight is 245 g/mol. The number of hydrogen-bond donors (Lipinski definition) is 1. The molecule has 1 fully saturated rings. The van der Waals surface area contributed by atoms with E-state index in [0.29, 0.717) is 12.6 Å². The maximum Gasteiger partial charge on any atom is 0.192 e. The van der Waals surface area contributed by atoms with Crippen LogP contribution in [0.25, 0.3) is 11.1 Å². The lowest BCUT2D eigenvalue weighted by atomic mass is 10.0. The average Bonchev–Trinajstić information content (AvgIpc) is 2.78. The number of aryl methyl sites for hydroxylation is 1. The van der Waals surface area contributed by atoms with Crippen molar-refractivity contribution in [2.24, 2.45) is 5.73 Å². The van der Waals surface area contributed by atoms with Crippen LogP contribution in [0.15, 0.2) is 22.6 Å². The van der Waals surface area contributed by atoms with E-state index in [1.807, 2.05) is 19.1 Å². The first-order chi connectivity index (χ1) is 8.79. The lowest BCUT2D eigenvalue weighted by molar-refractivity contribution is 0.466.